The maximum absolute atomic E-state index is 12.0. The van der Waals surface area contributed by atoms with Gasteiger partial charge in [0, 0.05) is 13.0 Å². The van der Waals surface area contributed by atoms with Gasteiger partial charge in [0.25, 0.3) is 0 Å². The summed E-state index contributed by atoms with van der Waals surface area (Å²) in [4.78, 5) is 12.0. The van der Waals surface area contributed by atoms with E-state index in [9.17, 15) is 4.79 Å². The van der Waals surface area contributed by atoms with Gasteiger partial charge in [-0.25, -0.2) is 0 Å². The molecule has 2 unspecified atom stereocenters. The maximum atomic E-state index is 12.0. The van der Waals surface area contributed by atoms with E-state index >= 15 is 0 Å². The van der Waals surface area contributed by atoms with Gasteiger partial charge in [-0.15, -0.1) is 11.6 Å². The van der Waals surface area contributed by atoms with Crippen molar-refractivity contribution in [3.8, 4) is 0 Å². The van der Waals surface area contributed by atoms with Crippen molar-refractivity contribution >= 4 is 17.4 Å². The third-order valence-electron chi connectivity index (χ3n) is 3.36. The summed E-state index contributed by atoms with van der Waals surface area (Å²) < 4.78 is 5.62. The molecule has 0 bridgehead atoms. The van der Waals surface area contributed by atoms with Gasteiger partial charge >= 0.3 is 0 Å². The highest BCUT2D eigenvalue weighted by Crippen LogP contribution is 2.25. The first kappa shape index (κ1) is 13.6. The minimum atomic E-state index is -0.519. The van der Waals surface area contributed by atoms with E-state index in [2.05, 4.69) is 0 Å². The number of benzene rings is 1. The van der Waals surface area contributed by atoms with E-state index < -0.39 is 5.38 Å². The van der Waals surface area contributed by atoms with Crippen molar-refractivity contribution in [3.05, 3.63) is 35.9 Å². The largest absolute Gasteiger partial charge is 0.378 e. The molecule has 0 aliphatic carbocycles. The van der Waals surface area contributed by atoms with Gasteiger partial charge in [-0.1, -0.05) is 30.3 Å². The summed E-state index contributed by atoms with van der Waals surface area (Å²) in [5.41, 5.74) is 0.883. The summed E-state index contributed by atoms with van der Waals surface area (Å²) in [5.74, 6) is 0.0945. The standard InChI is InChI=1S/C15H19ClO2/c16-15(12-6-2-1-3-7-12)14(17)10-9-13-8-4-5-11-18-13/h1-3,6-7,13,15H,4-5,8-11H2. The van der Waals surface area contributed by atoms with Crippen LogP contribution in [0.5, 0.6) is 0 Å². The van der Waals surface area contributed by atoms with Gasteiger partial charge < -0.3 is 4.74 Å². The van der Waals surface area contributed by atoms with Crippen LogP contribution in [-0.2, 0) is 9.53 Å². The smallest absolute Gasteiger partial charge is 0.155 e. The molecule has 1 aliphatic rings. The molecule has 2 rings (SSSR count). The highest BCUT2D eigenvalue weighted by molar-refractivity contribution is 6.31. The number of hydrogen-bond donors (Lipinski definition) is 0. The third-order valence-corrected chi connectivity index (χ3v) is 3.86. The Morgan fingerprint density at radius 3 is 2.78 bits per heavy atom. The lowest BCUT2D eigenvalue weighted by atomic mass is 10.00. The molecule has 1 heterocycles. The number of Topliss-reactive ketones (excluding diaryl/α,β-unsaturated/α-hetero) is 1. The van der Waals surface area contributed by atoms with E-state index in [-0.39, 0.29) is 11.9 Å². The number of rotatable bonds is 5. The van der Waals surface area contributed by atoms with Gasteiger partial charge in [0.15, 0.2) is 5.78 Å². The van der Waals surface area contributed by atoms with E-state index in [4.69, 9.17) is 16.3 Å². The fourth-order valence-electron chi connectivity index (χ4n) is 2.27. The second-order valence-electron chi connectivity index (χ2n) is 4.77. The van der Waals surface area contributed by atoms with Crippen LogP contribution in [0.4, 0.5) is 0 Å². The average Bonchev–Trinajstić information content (AvgIpc) is 2.46. The Kier molecular flexibility index (Phi) is 5.21. The summed E-state index contributed by atoms with van der Waals surface area (Å²) in [7, 11) is 0. The van der Waals surface area contributed by atoms with Crippen molar-refractivity contribution in [2.45, 2.75) is 43.6 Å². The van der Waals surface area contributed by atoms with Crippen LogP contribution < -0.4 is 0 Å². The molecule has 0 radical (unpaired) electrons. The SMILES string of the molecule is O=C(CCC1CCCCO1)C(Cl)c1ccccc1. The van der Waals surface area contributed by atoms with Crippen LogP contribution in [-0.4, -0.2) is 18.5 Å². The minimum Gasteiger partial charge on any atom is -0.378 e. The van der Waals surface area contributed by atoms with Crippen LogP contribution in [0.3, 0.4) is 0 Å². The zero-order valence-corrected chi connectivity index (χ0v) is 11.2. The van der Waals surface area contributed by atoms with Gasteiger partial charge in [0.05, 0.1) is 6.10 Å². The Morgan fingerprint density at radius 2 is 2.11 bits per heavy atom. The molecule has 3 heteroatoms. The number of carbonyl (C=O) groups is 1. The number of ketones is 1. The van der Waals surface area contributed by atoms with Crippen LogP contribution in [0.25, 0.3) is 0 Å². The Bertz CT molecular complexity index is 371. The Morgan fingerprint density at radius 1 is 1.33 bits per heavy atom. The number of ether oxygens (including phenoxy) is 1. The molecule has 0 saturated carbocycles. The molecule has 0 amide bonds. The number of carbonyl (C=O) groups excluding carboxylic acids is 1. The van der Waals surface area contributed by atoms with Gasteiger partial charge in [0.1, 0.15) is 5.38 Å². The lowest BCUT2D eigenvalue weighted by Gasteiger charge is -2.22. The number of alkyl halides is 1. The summed E-state index contributed by atoms with van der Waals surface area (Å²) in [5, 5.41) is -0.519. The summed E-state index contributed by atoms with van der Waals surface area (Å²) in [6.45, 7) is 0.835. The molecule has 2 atom stereocenters. The Balaban J connectivity index is 1.80. The maximum Gasteiger partial charge on any atom is 0.155 e. The highest BCUT2D eigenvalue weighted by atomic mass is 35.5. The Labute approximate surface area is 113 Å². The van der Waals surface area contributed by atoms with Crippen LogP contribution >= 0.6 is 11.6 Å². The number of hydrogen-bond acceptors (Lipinski definition) is 2. The van der Waals surface area contributed by atoms with Gasteiger partial charge in [-0.2, -0.15) is 0 Å². The zero-order valence-electron chi connectivity index (χ0n) is 10.5. The molecule has 18 heavy (non-hydrogen) atoms. The molecule has 0 aromatic heterocycles. The first-order valence-electron chi connectivity index (χ1n) is 6.60. The molecule has 1 aromatic rings. The van der Waals surface area contributed by atoms with Crippen molar-refractivity contribution in [3.63, 3.8) is 0 Å². The minimum absolute atomic E-state index is 0.0945. The monoisotopic (exact) mass is 266 g/mol. The van der Waals surface area contributed by atoms with Crippen molar-refractivity contribution in [2.24, 2.45) is 0 Å². The predicted octanol–water partition coefficient (Wildman–Crippen LogP) is 3.88. The fourth-order valence-corrected chi connectivity index (χ4v) is 2.53. The van der Waals surface area contributed by atoms with Crippen LogP contribution in [0.15, 0.2) is 30.3 Å². The van der Waals surface area contributed by atoms with E-state index in [1.807, 2.05) is 30.3 Å². The zero-order chi connectivity index (χ0) is 12.8. The van der Waals surface area contributed by atoms with Crippen LogP contribution in [0, 0.1) is 0 Å². The molecule has 0 N–H and O–H groups in total. The van der Waals surface area contributed by atoms with Crippen LogP contribution in [0.2, 0.25) is 0 Å². The van der Waals surface area contributed by atoms with Gasteiger partial charge in [0.2, 0.25) is 0 Å². The fraction of sp³-hybridized carbons (Fsp3) is 0.533. The molecule has 1 fully saturated rings. The normalized spacial score (nSPS) is 21.5. The van der Waals surface area contributed by atoms with E-state index in [0.717, 1.165) is 31.4 Å². The molecule has 98 valence electrons. The van der Waals surface area contributed by atoms with Gasteiger partial charge in [-0.05, 0) is 31.2 Å². The molecule has 1 aliphatic heterocycles. The van der Waals surface area contributed by atoms with Crippen molar-refractivity contribution in [1.82, 2.24) is 0 Å². The first-order valence-corrected chi connectivity index (χ1v) is 7.04. The van der Waals surface area contributed by atoms with Crippen molar-refractivity contribution in [2.75, 3.05) is 6.61 Å². The van der Waals surface area contributed by atoms with Crippen LogP contribution in [0.1, 0.15) is 43.0 Å². The van der Waals surface area contributed by atoms with E-state index in [1.54, 1.807) is 0 Å². The van der Waals surface area contributed by atoms with Gasteiger partial charge in [-0.3, -0.25) is 4.79 Å². The molecule has 2 nitrogen and oxygen atoms in total. The second kappa shape index (κ2) is 6.91. The topological polar surface area (TPSA) is 26.3 Å². The van der Waals surface area contributed by atoms with Crippen molar-refractivity contribution in [1.29, 1.82) is 0 Å². The Hall–Kier alpha value is -0.860. The summed E-state index contributed by atoms with van der Waals surface area (Å²) in [6, 6.07) is 9.53. The summed E-state index contributed by atoms with van der Waals surface area (Å²) in [6.07, 6.45) is 4.99. The van der Waals surface area contributed by atoms with E-state index in [0.29, 0.717) is 6.42 Å². The lowest BCUT2D eigenvalue weighted by molar-refractivity contribution is -0.119. The summed E-state index contributed by atoms with van der Waals surface area (Å²) >= 11 is 6.18. The second-order valence-corrected chi connectivity index (χ2v) is 5.20. The molecule has 1 saturated heterocycles. The quantitative estimate of drug-likeness (QED) is 0.756. The molecule has 0 spiro atoms. The lowest BCUT2D eigenvalue weighted by Crippen LogP contribution is -2.20. The highest BCUT2D eigenvalue weighted by Gasteiger charge is 2.20. The molecule has 1 aromatic carbocycles. The molecular weight excluding hydrogens is 248 g/mol. The predicted molar refractivity (Wildman–Crippen MR) is 72.9 cm³/mol. The van der Waals surface area contributed by atoms with Crippen molar-refractivity contribution < 1.29 is 9.53 Å². The first-order chi connectivity index (χ1) is 8.77. The number of halogens is 1. The third kappa shape index (κ3) is 3.82. The average molecular weight is 267 g/mol. The molecular formula is C15H19ClO2. The van der Waals surface area contributed by atoms with E-state index in [1.165, 1.54) is 6.42 Å².